The molecule has 0 aliphatic carbocycles. The van der Waals surface area contributed by atoms with Crippen LogP contribution in [0.3, 0.4) is 0 Å². The largest absolute Gasteiger partial charge is 0.465 e. The van der Waals surface area contributed by atoms with Gasteiger partial charge in [0.05, 0.1) is 7.11 Å². The average molecular weight is 391 g/mol. The van der Waals surface area contributed by atoms with Gasteiger partial charge >= 0.3 is 12.6 Å². The zero-order chi connectivity index (χ0) is 20.1. The monoisotopic (exact) mass is 391 g/mol. The van der Waals surface area contributed by atoms with Gasteiger partial charge in [-0.3, -0.25) is 4.79 Å². The molecule has 0 fully saturated rings. The highest BCUT2D eigenvalue weighted by atomic mass is 19.3. The molecule has 0 radical (unpaired) electrons. The second-order valence-corrected chi connectivity index (χ2v) is 6.51. The summed E-state index contributed by atoms with van der Waals surface area (Å²) in [6, 6.07) is 13.0. The fourth-order valence-corrected chi connectivity index (χ4v) is 3.37. The molecule has 1 unspecified atom stereocenters. The van der Waals surface area contributed by atoms with Gasteiger partial charge in [0.15, 0.2) is 12.6 Å². The zero-order valence-electron chi connectivity index (χ0n) is 15.3. The minimum absolute atomic E-state index is 0.0111. The lowest BCUT2D eigenvalue weighted by Gasteiger charge is -2.31. The number of nitrogens with one attached hydrogen (secondary N) is 2. The van der Waals surface area contributed by atoms with Crippen molar-refractivity contribution >= 4 is 17.6 Å². The number of amides is 1. The number of carbonyl (C=O) groups excluding carboxylic acids is 2. The number of rotatable bonds is 6. The van der Waals surface area contributed by atoms with Gasteiger partial charge < -0.3 is 19.7 Å². The Hall–Kier alpha value is -3.00. The van der Waals surface area contributed by atoms with E-state index in [-0.39, 0.29) is 24.2 Å². The minimum atomic E-state index is -2.90. The topological polar surface area (TPSA) is 69.1 Å². The van der Waals surface area contributed by atoms with Crippen LogP contribution in [0.4, 0.5) is 14.5 Å². The van der Waals surface area contributed by atoms with Crippen molar-refractivity contribution in [2.45, 2.75) is 25.6 Å². The van der Waals surface area contributed by atoms with Crippen molar-refractivity contribution in [2.75, 3.05) is 19.0 Å². The van der Waals surface area contributed by atoms with Gasteiger partial charge in [-0.25, -0.2) is 4.79 Å². The van der Waals surface area contributed by atoms with E-state index < -0.39 is 12.7 Å². The Labute approximate surface area is 161 Å². The third-order valence-corrected chi connectivity index (χ3v) is 4.69. The van der Waals surface area contributed by atoms with E-state index in [9.17, 15) is 18.4 Å². The lowest BCUT2D eigenvalue weighted by molar-refractivity contribution is -0.924. The van der Waals surface area contributed by atoms with E-state index in [4.69, 9.17) is 4.74 Å². The molecule has 148 valence electrons. The number of alkyl halides is 2. The second-order valence-electron chi connectivity index (χ2n) is 6.51. The summed E-state index contributed by atoms with van der Waals surface area (Å²) in [6.07, 6.45) is 0.505. The van der Waals surface area contributed by atoms with Crippen molar-refractivity contribution in [3.05, 3.63) is 59.7 Å². The van der Waals surface area contributed by atoms with Gasteiger partial charge in [-0.05, 0) is 29.8 Å². The maximum Gasteiger partial charge on any atom is 0.387 e. The van der Waals surface area contributed by atoms with E-state index in [2.05, 4.69) is 10.1 Å². The molecule has 2 aromatic rings. The number of esters is 1. The summed E-state index contributed by atoms with van der Waals surface area (Å²) in [6.45, 7) is -2.30. The number of carbonyl (C=O) groups is 2. The summed E-state index contributed by atoms with van der Waals surface area (Å²) >= 11 is 0. The van der Waals surface area contributed by atoms with Crippen LogP contribution in [0.25, 0.3) is 0 Å². The third-order valence-electron chi connectivity index (χ3n) is 4.69. The first-order chi connectivity index (χ1) is 13.5. The molecule has 0 aromatic heterocycles. The molecule has 1 amide bonds. The van der Waals surface area contributed by atoms with Crippen LogP contribution in [0.1, 0.15) is 11.1 Å². The number of methoxy groups -OCH3 is 1. The Kier molecular flexibility index (Phi) is 6.20. The van der Waals surface area contributed by atoms with Crippen LogP contribution in [0.2, 0.25) is 0 Å². The van der Waals surface area contributed by atoms with Crippen molar-refractivity contribution in [1.29, 1.82) is 0 Å². The molecule has 2 N–H and O–H groups in total. The highest BCUT2D eigenvalue weighted by Crippen LogP contribution is 2.18. The van der Waals surface area contributed by atoms with Crippen LogP contribution in [-0.2, 0) is 27.3 Å². The summed E-state index contributed by atoms with van der Waals surface area (Å²) in [7, 11) is 1.34. The number of benzene rings is 2. The van der Waals surface area contributed by atoms with Crippen molar-refractivity contribution in [2.24, 2.45) is 0 Å². The van der Waals surface area contributed by atoms with Gasteiger partial charge in [0.1, 0.15) is 12.3 Å². The predicted octanol–water partition coefficient (Wildman–Crippen LogP) is 1.41. The summed E-state index contributed by atoms with van der Waals surface area (Å²) in [5.41, 5.74) is 2.63. The Morgan fingerprint density at radius 2 is 1.82 bits per heavy atom. The van der Waals surface area contributed by atoms with E-state index in [0.29, 0.717) is 18.7 Å². The van der Waals surface area contributed by atoms with Crippen molar-refractivity contribution in [3.63, 3.8) is 0 Å². The molecule has 0 spiro atoms. The molecule has 1 aliphatic rings. The third kappa shape index (κ3) is 4.83. The van der Waals surface area contributed by atoms with Crippen molar-refractivity contribution in [3.8, 4) is 5.75 Å². The van der Waals surface area contributed by atoms with Crippen molar-refractivity contribution < 1.29 is 32.7 Å². The van der Waals surface area contributed by atoms with Gasteiger partial charge in [-0.15, -0.1) is 0 Å². The molecule has 3 rings (SSSR count). The number of halogens is 2. The van der Waals surface area contributed by atoms with Crippen LogP contribution in [-0.4, -0.2) is 38.2 Å². The SMILES string of the molecule is COC(=O)[C@H]1Cc2ccccc2C[NH+]1CC(=O)Nc1ccc(OC(F)F)cc1. The van der Waals surface area contributed by atoms with Gasteiger partial charge in [0.2, 0.25) is 0 Å². The van der Waals surface area contributed by atoms with Crippen LogP contribution < -0.4 is 15.0 Å². The smallest absolute Gasteiger partial charge is 0.387 e. The molecule has 0 saturated heterocycles. The van der Waals surface area contributed by atoms with Gasteiger partial charge in [-0.2, -0.15) is 8.78 Å². The second kappa shape index (κ2) is 8.79. The molecule has 1 heterocycles. The minimum Gasteiger partial charge on any atom is -0.465 e. The summed E-state index contributed by atoms with van der Waals surface area (Å²) in [4.78, 5) is 25.5. The highest BCUT2D eigenvalue weighted by molar-refractivity contribution is 5.91. The van der Waals surface area contributed by atoms with E-state index in [1.54, 1.807) is 0 Å². The molecule has 0 saturated carbocycles. The van der Waals surface area contributed by atoms with Crippen LogP contribution >= 0.6 is 0 Å². The normalized spacial score (nSPS) is 18.3. The van der Waals surface area contributed by atoms with Gasteiger partial charge in [0.25, 0.3) is 5.91 Å². The first-order valence-electron chi connectivity index (χ1n) is 8.80. The number of quaternary nitrogens is 1. The molecule has 6 nitrogen and oxygen atoms in total. The number of fused-ring (bicyclic) bond motifs is 1. The molecular formula is C20H21F2N2O4+. The van der Waals surface area contributed by atoms with Crippen LogP contribution in [0.15, 0.2) is 48.5 Å². The Morgan fingerprint density at radius 1 is 1.14 bits per heavy atom. The number of ether oxygens (including phenoxy) is 2. The molecular weight excluding hydrogens is 370 g/mol. The van der Waals surface area contributed by atoms with Gasteiger partial charge in [0, 0.05) is 17.7 Å². The van der Waals surface area contributed by atoms with E-state index in [1.807, 2.05) is 24.3 Å². The lowest BCUT2D eigenvalue weighted by Crippen LogP contribution is -3.17. The maximum atomic E-state index is 12.5. The predicted molar refractivity (Wildman–Crippen MR) is 97.2 cm³/mol. The number of hydrogen-bond donors (Lipinski definition) is 2. The molecule has 2 aromatic carbocycles. The van der Waals surface area contributed by atoms with E-state index in [1.165, 1.54) is 31.4 Å². The molecule has 2 atom stereocenters. The fraction of sp³-hybridized carbons (Fsp3) is 0.300. The molecule has 0 bridgehead atoms. The summed E-state index contributed by atoms with van der Waals surface area (Å²) in [5.74, 6) is -0.631. The standard InChI is InChI=1S/C20H20F2N2O4/c1-27-19(26)17-10-13-4-2-3-5-14(13)11-24(17)12-18(25)23-15-6-8-16(9-7-15)28-20(21)22/h2-9,17,20H,10-12H2,1H3,(H,23,25)/p+1/t17-/m1/s1. The molecule has 8 heteroatoms. The number of anilines is 1. The maximum absolute atomic E-state index is 12.5. The number of hydrogen-bond acceptors (Lipinski definition) is 4. The molecule has 28 heavy (non-hydrogen) atoms. The highest BCUT2D eigenvalue weighted by Gasteiger charge is 2.37. The van der Waals surface area contributed by atoms with Crippen molar-refractivity contribution in [1.82, 2.24) is 0 Å². The van der Waals surface area contributed by atoms with E-state index >= 15 is 0 Å². The van der Waals surface area contributed by atoms with E-state index in [0.717, 1.165) is 16.0 Å². The lowest BCUT2D eigenvalue weighted by atomic mass is 9.94. The van der Waals surface area contributed by atoms with Crippen LogP contribution in [0.5, 0.6) is 5.75 Å². The molecule has 1 aliphatic heterocycles. The average Bonchev–Trinajstić information content (AvgIpc) is 2.68. The quantitative estimate of drug-likeness (QED) is 0.731. The first kappa shape index (κ1) is 19.8. The summed E-state index contributed by atoms with van der Waals surface area (Å²) in [5, 5.41) is 2.72. The van der Waals surface area contributed by atoms with Crippen LogP contribution in [0, 0.1) is 0 Å². The first-order valence-corrected chi connectivity index (χ1v) is 8.80. The fourth-order valence-electron chi connectivity index (χ4n) is 3.37. The Bertz CT molecular complexity index is 842. The van der Waals surface area contributed by atoms with Gasteiger partial charge in [-0.1, -0.05) is 24.3 Å². The Morgan fingerprint density at radius 3 is 2.46 bits per heavy atom. The Balaban J connectivity index is 1.66. The summed E-state index contributed by atoms with van der Waals surface area (Å²) < 4.78 is 33.6. The zero-order valence-corrected chi connectivity index (χ0v) is 15.3.